The van der Waals surface area contributed by atoms with E-state index in [4.69, 9.17) is 6.15 Å². The Balaban J connectivity index is 3.71. The summed E-state index contributed by atoms with van der Waals surface area (Å²) in [6.45, 7) is 13.1. The molecule has 0 amide bonds. The van der Waals surface area contributed by atoms with Crippen molar-refractivity contribution in [3.8, 4) is 0 Å². The molecule has 0 saturated heterocycles. The van der Waals surface area contributed by atoms with Crippen molar-refractivity contribution in [2.75, 3.05) is 13.2 Å². The third-order valence-electron chi connectivity index (χ3n) is 2.65. The molecule has 0 fully saturated rings. The van der Waals surface area contributed by atoms with E-state index in [1.54, 1.807) is 0 Å². The molecule has 0 rings (SSSR count). The van der Waals surface area contributed by atoms with Gasteiger partial charge in [-0.2, -0.15) is 0 Å². The molecular weight excluding hydrogens is 319 g/mol. The van der Waals surface area contributed by atoms with Gasteiger partial charge in [-0.3, -0.25) is 0 Å². The fourth-order valence-corrected chi connectivity index (χ4v) is 6.19. The summed E-state index contributed by atoms with van der Waals surface area (Å²) < 4.78 is 13.3. The van der Waals surface area contributed by atoms with Gasteiger partial charge >= 0.3 is 117 Å². The molecule has 0 aliphatic heterocycles. The molecule has 0 heterocycles. The van der Waals surface area contributed by atoms with Gasteiger partial charge in [-0.1, -0.05) is 0 Å². The first-order valence-corrected chi connectivity index (χ1v) is 11.5. The van der Waals surface area contributed by atoms with Crippen LogP contribution in [0.5, 0.6) is 0 Å². The van der Waals surface area contributed by atoms with Crippen molar-refractivity contribution in [1.82, 2.24) is 0 Å². The van der Waals surface area contributed by atoms with Gasteiger partial charge in [0.2, 0.25) is 0 Å². The minimum atomic E-state index is -1.95. The summed E-state index contributed by atoms with van der Waals surface area (Å²) in [5.74, 6) is 1.47. The average Bonchev–Trinajstić information content (AvgIpc) is 2.24. The molecule has 0 aliphatic rings. The van der Waals surface area contributed by atoms with Gasteiger partial charge in [0.1, 0.15) is 0 Å². The summed E-state index contributed by atoms with van der Waals surface area (Å²) in [5.41, 5.74) is 0. The van der Waals surface area contributed by atoms with E-state index in [1.807, 2.05) is 0 Å². The number of rotatable bonds is 11. The van der Waals surface area contributed by atoms with Crippen molar-refractivity contribution in [1.29, 1.82) is 0 Å². The summed E-state index contributed by atoms with van der Waals surface area (Å²) in [6.07, 6.45) is 4.87. The summed E-state index contributed by atoms with van der Waals surface area (Å²) in [5, 5.41) is 0. The third kappa shape index (κ3) is 13.0. The third-order valence-corrected chi connectivity index (χ3v) is 7.83. The first-order valence-electron chi connectivity index (χ1n) is 7.17. The molecule has 17 heavy (non-hydrogen) atoms. The van der Waals surface area contributed by atoms with Gasteiger partial charge in [0, 0.05) is 0 Å². The molecule has 0 aromatic heterocycles. The molecule has 0 unspecified atom stereocenters. The van der Waals surface area contributed by atoms with Gasteiger partial charge in [-0.05, 0) is 0 Å². The fraction of sp³-hybridized carbons (Fsp3) is 1.00. The molecule has 0 bridgehead atoms. The summed E-state index contributed by atoms with van der Waals surface area (Å²) in [4.78, 5) is 0. The van der Waals surface area contributed by atoms with Gasteiger partial charge in [-0.25, -0.2) is 0 Å². The Hall–Kier alpha value is 0.719. The van der Waals surface area contributed by atoms with E-state index in [9.17, 15) is 0 Å². The topological polar surface area (TPSA) is 18.5 Å². The van der Waals surface area contributed by atoms with Gasteiger partial charge in [0.05, 0.1) is 0 Å². The zero-order valence-electron chi connectivity index (χ0n) is 12.4. The van der Waals surface area contributed by atoms with Crippen molar-refractivity contribution in [2.24, 2.45) is 11.8 Å². The second-order valence-corrected chi connectivity index (χ2v) is 10.7. The second kappa shape index (κ2) is 11.8. The van der Waals surface area contributed by atoms with Crippen molar-refractivity contribution < 1.29 is 6.15 Å². The van der Waals surface area contributed by atoms with Crippen LogP contribution in [0.25, 0.3) is 0 Å². The zero-order chi connectivity index (χ0) is 13.1. The van der Waals surface area contributed by atoms with Crippen molar-refractivity contribution in [2.45, 2.75) is 64.7 Å². The molecule has 0 N–H and O–H groups in total. The van der Waals surface area contributed by atoms with Crippen LogP contribution in [0.2, 0.25) is 4.44 Å². The molecule has 0 aromatic rings. The van der Waals surface area contributed by atoms with Crippen LogP contribution in [0, 0.1) is 11.8 Å². The molecule has 103 valence electrons. The first kappa shape index (κ1) is 17.7. The molecule has 1 radical (unpaired) electrons. The van der Waals surface area contributed by atoms with Crippen LogP contribution in [0.1, 0.15) is 60.3 Å². The monoisotopic (exact) mass is 351 g/mol. The number of hydrogen-bond donors (Lipinski definition) is 0. The maximum absolute atomic E-state index is 6.01. The Morgan fingerprint density at radius 1 is 0.882 bits per heavy atom. The molecule has 0 spiro atoms. The Kier molecular flexibility index (Phi) is 12.3. The first-order chi connectivity index (χ1) is 8.06. The Labute approximate surface area is 116 Å². The van der Waals surface area contributed by atoms with Crippen molar-refractivity contribution in [3.05, 3.63) is 0 Å². The summed E-state index contributed by atoms with van der Waals surface area (Å²) in [6, 6.07) is 0. The van der Waals surface area contributed by atoms with Gasteiger partial charge in [-0.15, -0.1) is 0 Å². The maximum atomic E-state index is 6.01. The van der Waals surface area contributed by atoms with Crippen LogP contribution in [0.3, 0.4) is 0 Å². The molecule has 0 aromatic carbocycles. The predicted octanol–water partition coefficient (Wildman–Crippen LogP) is 4.40. The summed E-state index contributed by atoms with van der Waals surface area (Å²) in [7, 11) is 0. The minimum absolute atomic E-state index is 0.737. The predicted molar refractivity (Wildman–Crippen MR) is 76.3 cm³/mol. The van der Waals surface area contributed by atoms with E-state index in [0.717, 1.165) is 25.0 Å². The van der Waals surface area contributed by atoms with Gasteiger partial charge < -0.3 is 0 Å². The van der Waals surface area contributed by atoms with E-state index >= 15 is 0 Å². The van der Waals surface area contributed by atoms with E-state index in [2.05, 4.69) is 34.6 Å². The molecule has 0 atom stereocenters. The number of hydrogen-bond acceptors (Lipinski definition) is 2. The Morgan fingerprint density at radius 2 is 1.35 bits per heavy atom. The van der Waals surface area contributed by atoms with E-state index in [0.29, 0.717) is 0 Å². The molecule has 0 saturated carbocycles. The van der Waals surface area contributed by atoms with Crippen LogP contribution in [0.15, 0.2) is 0 Å². The molecule has 2 nitrogen and oxygen atoms in total. The quantitative estimate of drug-likeness (QED) is 0.514. The zero-order valence-corrected chi connectivity index (χ0v) is 15.3. The Bertz CT molecular complexity index is 146. The van der Waals surface area contributed by atoms with Crippen LogP contribution in [-0.2, 0) is 6.15 Å². The van der Waals surface area contributed by atoms with E-state index < -0.39 is 20.6 Å². The fourth-order valence-electron chi connectivity index (χ4n) is 1.32. The Morgan fingerprint density at radius 3 is 1.71 bits per heavy atom. The molecule has 0 aliphatic carbocycles. The normalized spacial score (nSPS) is 12.0. The number of unbranched alkanes of at least 4 members (excludes halogenated alkanes) is 1. The van der Waals surface area contributed by atoms with Crippen LogP contribution >= 0.6 is 0 Å². The van der Waals surface area contributed by atoms with Gasteiger partial charge in [0.25, 0.3) is 0 Å². The van der Waals surface area contributed by atoms with E-state index in [1.165, 1.54) is 30.1 Å². The van der Waals surface area contributed by atoms with E-state index in [-0.39, 0.29) is 0 Å². The molecular formula is C14H31O2Sn. The van der Waals surface area contributed by atoms with Crippen molar-refractivity contribution >= 4 is 20.6 Å². The van der Waals surface area contributed by atoms with Crippen molar-refractivity contribution in [3.63, 3.8) is 0 Å². The second-order valence-electron chi connectivity index (χ2n) is 5.54. The standard InChI is InChI=1S/2C5H11O.C4H9.Sn/c2*1-5(2)3-4-6;1-3-4-2;/h2*5H,3-4H2,1-2H3;1,3-4H2,2H3;/q2*-1;;+2. The SMILES string of the molecule is CCC[CH2][Sn]([O]CCC(C)C)[O]CCC(C)C. The van der Waals surface area contributed by atoms with Gasteiger partial charge in [0.15, 0.2) is 0 Å². The van der Waals surface area contributed by atoms with Crippen LogP contribution < -0.4 is 0 Å². The van der Waals surface area contributed by atoms with Crippen LogP contribution in [0.4, 0.5) is 0 Å². The van der Waals surface area contributed by atoms with Crippen LogP contribution in [-0.4, -0.2) is 33.8 Å². The average molecular weight is 350 g/mol. The molecule has 3 heteroatoms. The summed E-state index contributed by atoms with van der Waals surface area (Å²) >= 11 is -1.95.